The van der Waals surface area contributed by atoms with E-state index in [0.29, 0.717) is 17.7 Å². The van der Waals surface area contributed by atoms with Crippen molar-refractivity contribution in [2.45, 2.75) is 45.1 Å². The van der Waals surface area contributed by atoms with Crippen LogP contribution in [0.1, 0.15) is 38.3 Å². The number of aliphatic carboxylic acids is 1. The maximum absolute atomic E-state index is 10.8. The highest BCUT2D eigenvalue weighted by Gasteiger charge is 2.09. The summed E-state index contributed by atoms with van der Waals surface area (Å²) in [5.74, 6) is -0.933. The molecule has 1 rings (SSSR count). The summed E-state index contributed by atoms with van der Waals surface area (Å²) in [5.41, 5.74) is 11.2. The van der Waals surface area contributed by atoms with Gasteiger partial charge in [-0.2, -0.15) is 0 Å². The van der Waals surface area contributed by atoms with Gasteiger partial charge in [-0.3, -0.25) is 14.6 Å². The predicted molar refractivity (Wildman–Crippen MR) is 84.8 cm³/mol. The zero-order chi connectivity index (χ0) is 16.3. The number of aromatic nitrogens is 2. The Morgan fingerprint density at radius 2 is 2.10 bits per heavy atom. The number of aryl methyl sites for hydroxylation is 1. The molecule has 1 aromatic rings. The Bertz CT molecular complexity index is 498. The maximum Gasteiger partial charge on any atom is 0.320 e. The molecule has 0 aliphatic heterocycles. The third kappa shape index (κ3) is 9.94. The molecule has 0 aliphatic rings. The lowest BCUT2D eigenvalue weighted by molar-refractivity contribution is -0.138. The van der Waals surface area contributed by atoms with Crippen LogP contribution in [0.5, 0.6) is 0 Å². The van der Waals surface area contributed by atoms with Crippen LogP contribution >= 0.6 is 12.2 Å². The van der Waals surface area contributed by atoms with Crippen LogP contribution in [0, 0.1) is 4.77 Å². The number of aromatic amines is 2. The average molecular weight is 316 g/mol. The minimum absolute atomic E-state index is 0.128. The van der Waals surface area contributed by atoms with Gasteiger partial charge in [-0.1, -0.05) is 19.8 Å². The number of nitrogens with two attached hydrogens (primary N) is 2. The van der Waals surface area contributed by atoms with E-state index in [2.05, 4.69) is 16.9 Å². The van der Waals surface area contributed by atoms with E-state index in [1.165, 1.54) is 0 Å². The predicted octanol–water partition coefficient (Wildman–Crippen LogP) is 0.912. The van der Waals surface area contributed by atoms with Gasteiger partial charge in [0, 0.05) is 11.8 Å². The summed E-state index contributed by atoms with van der Waals surface area (Å²) in [5, 5.41) is 8.33. The Hall–Kier alpha value is -1.51. The van der Waals surface area contributed by atoms with E-state index < -0.39 is 12.0 Å². The molecule has 0 aliphatic carbocycles. The summed E-state index contributed by atoms with van der Waals surface area (Å²) < 4.78 is 0.404. The van der Waals surface area contributed by atoms with E-state index >= 15 is 0 Å². The van der Waals surface area contributed by atoms with Crippen molar-refractivity contribution in [1.82, 2.24) is 9.97 Å². The minimum atomic E-state index is -0.933. The summed E-state index contributed by atoms with van der Waals surface area (Å²) in [6.45, 7) is 2.66. The van der Waals surface area contributed by atoms with Crippen LogP contribution in [0.4, 0.5) is 0 Å². The number of hydrogen-bond acceptors (Lipinski definition) is 5. The quantitative estimate of drug-likeness (QED) is 0.374. The molecular formula is C13H24N4O3S. The van der Waals surface area contributed by atoms with E-state index in [1.54, 1.807) is 6.07 Å². The molecule has 0 bridgehead atoms. The first-order valence-corrected chi connectivity index (χ1v) is 7.32. The molecule has 1 unspecified atom stereocenters. The lowest BCUT2D eigenvalue weighted by atomic mass is 10.1. The van der Waals surface area contributed by atoms with Gasteiger partial charge in [0.25, 0.3) is 5.56 Å². The Morgan fingerprint density at radius 1 is 1.43 bits per heavy atom. The van der Waals surface area contributed by atoms with Crippen LogP contribution in [0.2, 0.25) is 0 Å². The molecule has 8 heteroatoms. The smallest absolute Gasteiger partial charge is 0.320 e. The van der Waals surface area contributed by atoms with Gasteiger partial charge in [-0.25, -0.2) is 0 Å². The zero-order valence-electron chi connectivity index (χ0n) is 12.2. The number of carbonyl (C=O) groups is 1. The molecule has 0 radical (unpaired) electrons. The normalized spacial score (nSPS) is 11.4. The second-order valence-electron chi connectivity index (χ2n) is 4.59. The summed E-state index contributed by atoms with van der Waals surface area (Å²) in [4.78, 5) is 26.4. The van der Waals surface area contributed by atoms with E-state index in [4.69, 9.17) is 28.8 Å². The van der Waals surface area contributed by atoms with Crippen molar-refractivity contribution < 1.29 is 9.90 Å². The molecular weight excluding hydrogens is 292 g/mol. The van der Waals surface area contributed by atoms with Gasteiger partial charge in [0.1, 0.15) is 6.04 Å². The van der Waals surface area contributed by atoms with Crippen molar-refractivity contribution in [3.63, 3.8) is 0 Å². The first-order valence-electron chi connectivity index (χ1n) is 6.91. The first-order chi connectivity index (χ1) is 9.90. The van der Waals surface area contributed by atoms with Crippen molar-refractivity contribution in [1.29, 1.82) is 0 Å². The summed E-state index contributed by atoms with van der Waals surface area (Å²) in [7, 11) is 0. The molecule has 0 amide bonds. The Balaban J connectivity index is 0.000000384. The van der Waals surface area contributed by atoms with Gasteiger partial charge in [0.2, 0.25) is 0 Å². The lowest BCUT2D eigenvalue weighted by Gasteiger charge is -2.03. The highest BCUT2D eigenvalue weighted by molar-refractivity contribution is 7.71. The van der Waals surface area contributed by atoms with Crippen LogP contribution in [0.3, 0.4) is 0 Å². The van der Waals surface area contributed by atoms with E-state index in [-0.39, 0.29) is 5.56 Å². The molecule has 0 fully saturated rings. The first kappa shape index (κ1) is 19.5. The second-order valence-corrected chi connectivity index (χ2v) is 5.00. The van der Waals surface area contributed by atoms with Gasteiger partial charge in [0.15, 0.2) is 4.77 Å². The van der Waals surface area contributed by atoms with Gasteiger partial charge < -0.3 is 21.6 Å². The van der Waals surface area contributed by atoms with E-state index in [9.17, 15) is 9.59 Å². The van der Waals surface area contributed by atoms with Crippen LogP contribution in [-0.4, -0.2) is 33.6 Å². The minimum Gasteiger partial charge on any atom is -0.480 e. The fourth-order valence-corrected chi connectivity index (χ4v) is 1.79. The summed E-state index contributed by atoms with van der Waals surface area (Å²) in [6, 6.07) is 0.825. The standard InChI is InChI=1S/C7H10N2OS.C6H14N2O2/c1-2-3-5-4-6(10)9-7(11)8-5;7-4-2-1-3-5(8)6(9)10/h4H,2-3H2,1H3,(H2,8,9,10,11);5H,1-4,7-8H2,(H,9,10). The number of carboxylic acids is 1. The number of unbranched alkanes of at least 4 members (excludes halogenated alkanes) is 1. The number of nitrogens with one attached hydrogen (secondary N) is 2. The van der Waals surface area contributed by atoms with Gasteiger partial charge in [-0.05, 0) is 38.0 Å². The Labute approximate surface area is 128 Å². The van der Waals surface area contributed by atoms with Gasteiger partial charge >= 0.3 is 5.97 Å². The molecule has 7 N–H and O–H groups in total. The molecule has 0 saturated heterocycles. The molecule has 1 aromatic heterocycles. The fourth-order valence-electron chi connectivity index (χ4n) is 1.56. The van der Waals surface area contributed by atoms with Crippen molar-refractivity contribution >= 4 is 18.2 Å². The summed E-state index contributed by atoms with van der Waals surface area (Å²) >= 11 is 4.79. The number of H-pyrrole nitrogens is 2. The largest absolute Gasteiger partial charge is 0.480 e. The van der Waals surface area contributed by atoms with Crippen molar-refractivity contribution in [2.75, 3.05) is 6.54 Å². The van der Waals surface area contributed by atoms with Crippen LogP contribution in [0.25, 0.3) is 0 Å². The van der Waals surface area contributed by atoms with Crippen molar-refractivity contribution in [3.05, 3.63) is 26.9 Å². The highest BCUT2D eigenvalue weighted by Crippen LogP contribution is 1.97. The molecule has 7 nitrogen and oxygen atoms in total. The molecule has 0 aromatic carbocycles. The maximum atomic E-state index is 10.8. The lowest BCUT2D eigenvalue weighted by Crippen LogP contribution is -2.29. The molecule has 21 heavy (non-hydrogen) atoms. The topological polar surface area (TPSA) is 138 Å². The Morgan fingerprint density at radius 3 is 2.57 bits per heavy atom. The third-order valence-corrected chi connectivity index (χ3v) is 2.83. The monoisotopic (exact) mass is 316 g/mol. The van der Waals surface area contributed by atoms with Crippen LogP contribution in [-0.2, 0) is 11.2 Å². The zero-order valence-corrected chi connectivity index (χ0v) is 13.0. The molecule has 0 spiro atoms. The SMILES string of the molecule is CCCc1cc(=O)[nH]c(=S)[nH]1.NCCCCC(N)C(=O)O. The van der Waals surface area contributed by atoms with Crippen molar-refractivity contribution in [2.24, 2.45) is 11.5 Å². The number of rotatable bonds is 7. The van der Waals surface area contributed by atoms with E-state index in [1.807, 2.05) is 0 Å². The highest BCUT2D eigenvalue weighted by atomic mass is 32.1. The third-order valence-electron chi connectivity index (χ3n) is 2.62. The van der Waals surface area contributed by atoms with Gasteiger partial charge in [-0.15, -0.1) is 0 Å². The molecule has 120 valence electrons. The number of carboxylic acid groups (broad SMARTS) is 1. The number of hydrogen-bond donors (Lipinski definition) is 5. The van der Waals surface area contributed by atoms with Crippen molar-refractivity contribution in [3.8, 4) is 0 Å². The average Bonchev–Trinajstić information content (AvgIpc) is 2.38. The Kier molecular flexibility index (Phi) is 10.4. The molecule has 1 heterocycles. The summed E-state index contributed by atoms with van der Waals surface area (Å²) in [6.07, 6.45) is 4.04. The molecule has 1 atom stereocenters. The fraction of sp³-hybridized carbons (Fsp3) is 0.615. The second kappa shape index (κ2) is 11.2. The van der Waals surface area contributed by atoms with E-state index in [0.717, 1.165) is 31.4 Å². The van der Waals surface area contributed by atoms with Crippen LogP contribution in [0.15, 0.2) is 10.9 Å². The molecule has 0 saturated carbocycles. The van der Waals surface area contributed by atoms with Crippen LogP contribution < -0.4 is 17.0 Å². The van der Waals surface area contributed by atoms with Gasteiger partial charge in [0.05, 0.1) is 0 Å².